The summed E-state index contributed by atoms with van der Waals surface area (Å²) in [5.41, 5.74) is 0.588. The number of methoxy groups -OCH3 is 2. The van der Waals surface area contributed by atoms with Crippen LogP contribution in [0.5, 0.6) is 5.75 Å². The fourth-order valence-electron chi connectivity index (χ4n) is 1.29. The SMILES string of the molecule is COC(=O)CC(O)c1ccccc1OC. The largest absolute Gasteiger partial charge is 0.496 e. The smallest absolute Gasteiger partial charge is 0.308 e. The first kappa shape index (κ1) is 11.5. The Morgan fingerprint density at radius 3 is 2.67 bits per heavy atom. The van der Waals surface area contributed by atoms with Gasteiger partial charge in [-0.25, -0.2) is 0 Å². The third kappa shape index (κ3) is 2.95. The molecule has 82 valence electrons. The lowest BCUT2D eigenvalue weighted by atomic mass is 10.1. The van der Waals surface area contributed by atoms with Gasteiger partial charge in [-0.3, -0.25) is 4.79 Å². The summed E-state index contributed by atoms with van der Waals surface area (Å²) in [7, 11) is 2.81. The van der Waals surface area contributed by atoms with Crippen molar-refractivity contribution < 1.29 is 19.4 Å². The van der Waals surface area contributed by atoms with E-state index in [0.29, 0.717) is 11.3 Å². The molecule has 0 bridgehead atoms. The second-order valence-electron chi connectivity index (χ2n) is 3.04. The molecule has 0 fully saturated rings. The molecular formula is C11H14O4. The van der Waals surface area contributed by atoms with E-state index in [2.05, 4.69) is 4.74 Å². The number of esters is 1. The number of hydrogen-bond donors (Lipinski definition) is 1. The summed E-state index contributed by atoms with van der Waals surface area (Å²) < 4.78 is 9.55. The van der Waals surface area contributed by atoms with Gasteiger partial charge in [-0.05, 0) is 6.07 Å². The highest BCUT2D eigenvalue weighted by Gasteiger charge is 2.16. The van der Waals surface area contributed by atoms with E-state index in [1.165, 1.54) is 14.2 Å². The third-order valence-corrected chi connectivity index (χ3v) is 2.09. The molecule has 0 aromatic heterocycles. The average Bonchev–Trinajstić information content (AvgIpc) is 2.28. The fourth-order valence-corrected chi connectivity index (χ4v) is 1.29. The van der Waals surface area contributed by atoms with Crippen LogP contribution in [-0.2, 0) is 9.53 Å². The maximum atomic E-state index is 11.0. The lowest BCUT2D eigenvalue weighted by molar-refractivity contribution is -0.142. The van der Waals surface area contributed by atoms with Crippen molar-refractivity contribution >= 4 is 5.97 Å². The highest BCUT2D eigenvalue weighted by Crippen LogP contribution is 2.26. The molecule has 0 aliphatic heterocycles. The molecule has 1 atom stereocenters. The third-order valence-electron chi connectivity index (χ3n) is 2.09. The predicted octanol–water partition coefficient (Wildman–Crippen LogP) is 1.29. The molecule has 0 amide bonds. The van der Waals surface area contributed by atoms with Gasteiger partial charge in [-0.2, -0.15) is 0 Å². The van der Waals surface area contributed by atoms with Gasteiger partial charge in [0.1, 0.15) is 5.75 Å². The van der Waals surface area contributed by atoms with Crippen molar-refractivity contribution in [1.82, 2.24) is 0 Å². The maximum Gasteiger partial charge on any atom is 0.308 e. The van der Waals surface area contributed by atoms with Crippen molar-refractivity contribution in [2.75, 3.05) is 14.2 Å². The first-order valence-electron chi connectivity index (χ1n) is 4.56. The van der Waals surface area contributed by atoms with Crippen molar-refractivity contribution in [3.8, 4) is 5.75 Å². The van der Waals surface area contributed by atoms with Crippen molar-refractivity contribution in [3.63, 3.8) is 0 Å². The van der Waals surface area contributed by atoms with E-state index in [-0.39, 0.29) is 6.42 Å². The molecule has 0 saturated heterocycles. The van der Waals surface area contributed by atoms with Gasteiger partial charge in [0.05, 0.1) is 26.7 Å². The zero-order valence-electron chi connectivity index (χ0n) is 8.77. The highest BCUT2D eigenvalue weighted by molar-refractivity contribution is 5.70. The van der Waals surface area contributed by atoms with E-state index < -0.39 is 12.1 Å². The molecule has 1 rings (SSSR count). The van der Waals surface area contributed by atoms with Crippen LogP contribution in [0.1, 0.15) is 18.1 Å². The molecule has 4 heteroatoms. The fraction of sp³-hybridized carbons (Fsp3) is 0.364. The topological polar surface area (TPSA) is 55.8 Å². The number of hydrogen-bond acceptors (Lipinski definition) is 4. The zero-order valence-corrected chi connectivity index (χ0v) is 8.77. The van der Waals surface area contributed by atoms with E-state index in [9.17, 15) is 9.90 Å². The molecule has 15 heavy (non-hydrogen) atoms. The van der Waals surface area contributed by atoms with Gasteiger partial charge in [0.25, 0.3) is 0 Å². The van der Waals surface area contributed by atoms with E-state index in [1.54, 1.807) is 24.3 Å². The van der Waals surface area contributed by atoms with Gasteiger partial charge in [0, 0.05) is 5.56 Å². The summed E-state index contributed by atoms with van der Waals surface area (Å²) in [4.78, 5) is 11.0. The first-order valence-corrected chi connectivity index (χ1v) is 4.56. The number of carbonyl (C=O) groups is 1. The lowest BCUT2D eigenvalue weighted by Crippen LogP contribution is -2.09. The standard InChI is InChI=1S/C11H14O4/c1-14-10-6-4-3-5-8(10)9(12)7-11(13)15-2/h3-6,9,12H,7H2,1-2H3. The number of rotatable bonds is 4. The summed E-state index contributed by atoms with van der Waals surface area (Å²) in [5.74, 6) is 0.113. The highest BCUT2D eigenvalue weighted by atomic mass is 16.5. The minimum absolute atomic E-state index is 0.0725. The number of benzene rings is 1. The molecule has 0 radical (unpaired) electrons. The summed E-state index contributed by atoms with van der Waals surface area (Å²) in [6, 6.07) is 7.02. The van der Waals surface area contributed by atoms with Gasteiger partial charge in [-0.15, -0.1) is 0 Å². The number of ether oxygens (including phenoxy) is 2. The average molecular weight is 210 g/mol. The van der Waals surface area contributed by atoms with Gasteiger partial charge < -0.3 is 14.6 Å². The van der Waals surface area contributed by atoms with E-state index >= 15 is 0 Å². The Bertz CT molecular complexity index is 335. The van der Waals surface area contributed by atoms with Crippen LogP contribution < -0.4 is 4.74 Å². The normalized spacial score (nSPS) is 11.9. The summed E-state index contributed by atoms with van der Waals surface area (Å²) in [6.45, 7) is 0. The Morgan fingerprint density at radius 2 is 2.07 bits per heavy atom. The lowest BCUT2D eigenvalue weighted by Gasteiger charge is -2.13. The summed E-state index contributed by atoms with van der Waals surface area (Å²) in [5, 5.41) is 9.75. The van der Waals surface area contributed by atoms with E-state index in [0.717, 1.165) is 0 Å². The first-order chi connectivity index (χ1) is 7.19. The summed E-state index contributed by atoms with van der Waals surface area (Å²) >= 11 is 0. The molecule has 4 nitrogen and oxygen atoms in total. The number of para-hydroxylation sites is 1. The Balaban J connectivity index is 2.80. The van der Waals surface area contributed by atoms with Crippen LogP contribution in [0.15, 0.2) is 24.3 Å². The molecule has 1 unspecified atom stereocenters. The van der Waals surface area contributed by atoms with Crippen LogP contribution in [0, 0.1) is 0 Å². The van der Waals surface area contributed by atoms with Crippen LogP contribution in [0.25, 0.3) is 0 Å². The molecule has 0 saturated carbocycles. The second kappa shape index (κ2) is 5.36. The van der Waals surface area contributed by atoms with Crippen molar-refractivity contribution in [2.45, 2.75) is 12.5 Å². The Kier molecular flexibility index (Phi) is 4.12. The number of aliphatic hydroxyl groups is 1. The van der Waals surface area contributed by atoms with Crippen molar-refractivity contribution in [2.24, 2.45) is 0 Å². The molecular weight excluding hydrogens is 196 g/mol. The minimum atomic E-state index is -0.895. The molecule has 1 aromatic carbocycles. The van der Waals surface area contributed by atoms with Crippen LogP contribution >= 0.6 is 0 Å². The van der Waals surface area contributed by atoms with Gasteiger partial charge in [0.2, 0.25) is 0 Å². The Labute approximate surface area is 88.4 Å². The van der Waals surface area contributed by atoms with Crippen LogP contribution in [-0.4, -0.2) is 25.3 Å². The van der Waals surface area contributed by atoms with Gasteiger partial charge in [-0.1, -0.05) is 18.2 Å². The van der Waals surface area contributed by atoms with Gasteiger partial charge in [0.15, 0.2) is 0 Å². The zero-order chi connectivity index (χ0) is 11.3. The van der Waals surface area contributed by atoms with Crippen molar-refractivity contribution in [1.29, 1.82) is 0 Å². The quantitative estimate of drug-likeness (QED) is 0.761. The molecule has 0 aliphatic carbocycles. The second-order valence-corrected chi connectivity index (χ2v) is 3.04. The van der Waals surface area contributed by atoms with Crippen molar-refractivity contribution in [3.05, 3.63) is 29.8 Å². The molecule has 1 N–H and O–H groups in total. The maximum absolute atomic E-state index is 11.0. The van der Waals surface area contributed by atoms with E-state index in [1.807, 2.05) is 0 Å². The molecule has 0 aliphatic rings. The Hall–Kier alpha value is -1.55. The van der Waals surface area contributed by atoms with Crippen LogP contribution in [0.2, 0.25) is 0 Å². The monoisotopic (exact) mass is 210 g/mol. The molecule has 0 spiro atoms. The van der Waals surface area contributed by atoms with Gasteiger partial charge >= 0.3 is 5.97 Å². The Morgan fingerprint density at radius 1 is 1.40 bits per heavy atom. The van der Waals surface area contributed by atoms with E-state index in [4.69, 9.17) is 4.74 Å². The van der Waals surface area contributed by atoms with Crippen LogP contribution in [0.3, 0.4) is 0 Å². The minimum Gasteiger partial charge on any atom is -0.496 e. The summed E-state index contributed by atoms with van der Waals surface area (Å²) in [6.07, 6.45) is -0.967. The molecule has 0 heterocycles. The number of carbonyl (C=O) groups excluding carboxylic acids is 1. The molecule has 1 aromatic rings. The van der Waals surface area contributed by atoms with Crippen LogP contribution in [0.4, 0.5) is 0 Å². The number of aliphatic hydroxyl groups excluding tert-OH is 1. The predicted molar refractivity (Wildman–Crippen MR) is 54.6 cm³/mol.